The zero-order valence-electron chi connectivity index (χ0n) is 16.3. The van der Waals surface area contributed by atoms with E-state index in [-0.39, 0.29) is 16.4 Å². The third-order valence-corrected chi connectivity index (χ3v) is 5.68. The molecule has 1 rings (SSSR count). The number of phenolic OH excluding ortho intramolecular Hbond substituents is 1. The SMILES string of the molecule is CC(C)CCCCCC(SCC(=O)O)c1ccc(O)c(C(C)(C)C)c1. The van der Waals surface area contributed by atoms with E-state index in [9.17, 15) is 9.90 Å². The van der Waals surface area contributed by atoms with Crippen LogP contribution in [0.2, 0.25) is 0 Å². The van der Waals surface area contributed by atoms with Crippen LogP contribution in [-0.4, -0.2) is 21.9 Å². The van der Waals surface area contributed by atoms with Crippen LogP contribution >= 0.6 is 11.8 Å². The molecule has 25 heavy (non-hydrogen) atoms. The smallest absolute Gasteiger partial charge is 0.313 e. The van der Waals surface area contributed by atoms with E-state index in [0.717, 1.165) is 29.9 Å². The van der Waals surface area contributed by atoms with E-state index in [1.807, 2.05) is 6.07 Å². The Bertz CT molecular complexity index is 547. The Morgan fingerprint density at radius 2 is 1.76 bits per heavy atom. The number of benzene rings is 1. The molecule has 1 atom stereocenters. The summed E-state index contributed by atoms with van der Waals surface area (Å²) < 4.78 is 0. The largest absolute Gasteiger partial charge is 0.508 e. The molecule has 142 valence electrons. The van der Waals surface area contributed by atoms with Crippen LogP contribution < -0.4 is 0 Å². The van der Waals surface area contributed by atoms with Crippen LogP contribution in [0.3, 0.4) is 0 Å². The van der Waals surface area contributed by atoms with Gasteiger partial charge in [0.2, 0.25) is 0 Å². The minimum atomic E-state index is -0.773. The highest BCUT2D eigenvalue weighted by Gasteiger charge is 2.21. The summed E-state index contributed by atoms with van der Waals surface area (Å²) in [6.45, 7) is 10.7. The molecular formula is C21H34O3S. The molecule has 0 saturated carbocycles. The topological polar surface area (TPSA) is 57.5 Å². The Hall–Kier alpha value is -1.16. The fourth-order valence-corrected chi connectivity index (χ4v) is 3.95. The summed E-state index contributed by atoms with van der Waals surface area (Å²) in [6, 6.07) is 5.75. The number of unbranched alkanes of at least 4 members (excludes halogenated alkanes) is 2. The average Bonchev–Trinajstić information content (AvgIpc) is 2.49. The molecular weight excluding hydrogens is 332 g/mol. The van der Waals surface area contributed by atoms with Gasteiger partial charge in [0.05, 0.1) is 5.75 Å². The molecule has 1 unspecified atom stereocenters. The van der Waals surface area contributed by atoms with Gasteiger partial charge >= 0.3 is 5.97 Å². The maximum absolute atomic E-state index is 11.0. The third-order valence-electron chi connectivity index (χ3n) is 4.36. The van der Waals surface area contributed by atoms with Crippen molar-refractivity contribution in [2.45, 2.75) is 77.4 Å². The lowest BCUT2D eigenvalue weighted by Gasteiger charge is -2.24. The van der Waals surface area contributed by atoms with Crippen LogP contribution in [0.25, 0.3) is 0 Å². The van der Waals surface area contributed by atoms with Crippen LogP contribution in [0.5, 0.6) is 5.75 Å². The van der Waals surface area contributed by atoms with Crippen molar-refractivity contribution in [1.82, 2.24) is 0 Å². The highest BCUT2D eigenvalue weighted by molar-refractivity contribution is 8.00. The fourth-order valence-electron chi connectivity index (χ4n) is 2.93. The van der Waals surface area contributed by atoms with Gasteiger partial charge in [-0.15, -0.1) is 11.8 Å². The van der Waals surface area contributed by atoms with Gasteiger partial charge in [-0.05, 0) is 34.9 Å². The van der Waals surface area contributed by atoms with Gasteiger partial charge < -0.3 is 10.2 Å². The van der Waals surface area contributed by atoms with Crippen molar-refractivity contribution in [3.8, 4) is 5.75 Å². The minimum Gasteiger partial charge on any atom is -0.508 e. The molecule has 2 N–H and O–H groups in total. The van der Waals surface area contributed by atoms with Gasteiger partial charge in [-0.3, -0.25) is 4.79 Å². The number of aromatic hydroxyl groups is 1. The third kappa shape index (κ3) is 8.17. The standard InChI is InChI=1S/C21H34O3S/c1-15(2)9-7-6-8-10-19(25-14-20(23)24)16-11-12-18(22)17(13-16)21(3,4)5/h11-13,15,19,22H,6-10,14H2,1-5H3,(H,23,24). The van der Waals surface area contributed by atoms with Gasteiger partial charge in [0.1, 0.15) is 5.75 Å². The van der Waals surface area contributed by atoms with Gasteiger partial charge in [0, 0.05) is 5.25 Å². The summed E-state index contributed by atoms with van der Waals surface area (Å²) >= 11 is 1.49. The number of phenols is 1. The summed E-state index contributed by atoms with van der Waals surface area (Å²) in [5, 5.41) is 19.4. The Morgan fingerprint density at radius 1 is 1.12 bits per heavy atom. The predicted octanol–water partition coefficient (Wildman–Crippen LogP) is 6.16. The number of carboxylic acid groups (broad SMARTS) is 1. The molecule has 0 fully saturated rings. The van der Waals surface area contributed by atoms with Crippen LogP contribution in [0.15, 0.2) is 18.2 Å². The van der Waals surface area contributed by atoms with Crippen molar-refractivity contribution in [1.29, 1.82) is 0 Å². The Morgan fingerprint density at radius 3 is 2.32 bits per heavy atom. The number of thioether (sulfide) groups is 1. The molecule has 1 aromatic carbocycles. The zero-order chi connectivity index (χ0) is 19.0. The van der Waals surface area contributed by atoms with E-state index < -0.39 is 5.97 Å². The molecule has 4 heteroatoms. The van der Waals surface area contributed by atoms with Crippen LogP contribution in [0.1, 0.15) is 83.1 Å². The molecule has 0 radical (unpaired) electrons. The monoisotopic (exact) mass is 366 g/mol. The highest BCUT2D eigenvalue weighted by atomic mass is 32.2. The maximum Gasteiger partial charge on any atom is 0.313 e. The van der Waals surface area contributed by atoms with E-state index in [4.69, 9.17) is 5.11 Å². The van der Waals surface area contributed by atoms with Gasteiger partial charge in [0.25, 0.3) is 0 Å². The average molecular weight is 367 g/mol. The highest BCUT2D eigenvalue weighted by Crippen LogP contribution is 2.38. The van der Waals surface area contributed by atoms with E-state index in [1.54, 1.807) is 6.07 Å². The summed E-state index contributed by atoms with van der Waals surface area (Å²) in [7, 11) is 0. The number of aliphatic carboxylic acids is 1. The summed E-state index contributed by atoms with van der Waals surface area (Å²) in [5.41, 5.74) is 1.91. The number of hydrogen-bond acceptors (Lipinski definition) is 3. The Balaban J connectivity index is 2.83. The van der Waals surface area contributed by atoms with Crippen molar-refractivity contribution < 1.29 is 15.0 Å². The second kappa shape index (κ2) is 10.1. The van der Waals surface area contributed by atoms with Crippen LogP contribution in [0, 0.1) is 5.92 Å². The lowest BCUT2D eigenvalue weighted by Crippen LogP contribution is -2.12. The van der Waals surface area contributed by atoms with Crippen molar-refractivity contribution >= 4 is 17.7 Å². The van der Waals surface area contributed by atoms with Gasteiger partial charge in [-0.1, -0.05) is 72.4 Å². The molecule has 3 nitrogen and oxygen atoms in total. The molecule has 0 bridgehead atoms. The first kappa shape index (κ1) is 21.9. The minimum absolute atomic E-state index is 0.113. The molecule has 0 aliphatic carbocycles. The van der Waals surface area contributed by atoms with Crippen molar-refractivity contribution in [2.75, 3.05) is 5.75 Å². The predicted molar refractivity (Wildman–Crippen MR) is 108 cm³/mol. The molecule has 1 aromatic rings. The van der Waals surface area contributed by atoms with E-state index in [1.165, 1.54) is 31.0 Å². The van der Waals surface area contributed by atoms with Gasteiger partial charge in [0.15, 0.2) is 0 Å². The zero-order valence-corrected chi connectivity index (χ0v) is 17.2. The number of carboxylic acids is 1. The lowest BCUT2D eigenvalue weighted by molar-refractivity contribution is -0.133. The number of rotatable bonds is 10. The molecule has 0 aromatic heterocycles. The van der Waals surface area contributed by atoms with E-state index in [2.05, 4.69) is 40.7 Å². The molecule has 0 spiro atoms. The molecule has 0 aliphatic rings. The van der Waals surface area contributed by atoms with Gasteiger partial charge in [-0.25, -0.2) is 0 Å². The van der Waals surface area contributed by atoms with Gasteiger partial charge in [-0.2, -0.15) is 0 Å². The maximum atomic E-state index is 11.0. The second-order valence-electron chi connectivity index (χ2n) is 8.25. The Kier molecular flexibility index (Phi) is 8.84. The molecule has 0 saturated heterocycles. The normalized spacial score (nSPS) is 13.2. The van der Waals surface area contributed by atoms with E-state index in [0.29, 0.717) is 5.75 Å². The van der Waals surface area contributed by atoms with Crippen molar-refractivity contribution in [3.05, 3.63) is 29.3 Å². The van der Waals surface area contributed by atoms with E-state index >= 15 is 0 Å². The summed E-state index contributed by atoms with van der Waals surface area (Å²) in [6.07, 6.45) is 5.75. The van der Waals surface area contributed by atoms with Crippen molar-refractivity contribution in [2.24, 2.45) is 5.92 Å². The fraction of sp³-hybridized carbons (Fsp3) is 0.667. The van der Waals surface area contributed by atoms with Crippen LogP contribution in [-0.2, 0) is 10.2 Å². The van der Waals surface area contributed by atoms with Crippen LogP contribution in [0.4, 0.5) is 0 Å². The van der Waals surface area contributed by atoms with Crippen molar-refractivity contribution in [3.63, 3.8) is 0 Å². The molecule has 0 aliphatic heterocycles. The Labute approximate surface area is 157 Å². The summed E-state index contributed by atoms with van der Waals surface area (Å²) in [4.78, 5) is 11.0. The molecule has 0 amide bonds. The first-order valence-corrected chi connectivity index (χ1v) is 10.3. The lowest BCUT2D eigenvalue weighted by atomic mass is 9.85. The molecule has 0 heterocycles. The first-order valence-electron chi connectivity index (χ1n) is 9.28. The summed E-state index contributed by atoms with van der Waals surface area (Å²) in [5.74, 6) is 0.394. The first-order chi connectivity index (χ1) is 11.6. The number of hydrogen-bond donors (Lipinski definition) is 2. The quantitative estimate of drug-likeness (QED) is 0.487. The second-order valence-corrected chi connectivity index (χ2v) is 9.44. The number of carbonyl (C=O) groups is 1.